The molecule has 1 saturated heterocycles. The standard InChI is InChI=1S/C20H27N7O/c1-3-27-16-17(24-20(27)26-13-11-21-12-14-26)23-19(25(2)18(16)28)22-10-9-15-7-5-4-6-8-15/h4-8,21H,3,9-14H2,1-2H3,(H,22,23). The van der Waals surface area contributed by atoms with Crippen molar-refractivity contribution in [2.45, 2.75) is 19.9 Å². The zero-order chi connectivity index (χ0) is 19.5. The largest absolute Gasteiger partial charge is 0.355 e. The fourth-order valence-corrected chi connectivity index (χ4v) is 3.68. The molecule has 1 aromatic carbocycles. The molecule has 1 aliphatic heterocycles. The molecule has 2 aromatic heterocycles. The molecule has 0 saturated carbocycles. The first-order chi connectivity index (χ1) is 13.7. The van der Waals surface area contributed by atoms with Crippen LogP contribution in [0.2, 0.25) is 0 Å². The van der Waals surface area contributed by atoms with Gasteiger partial charge in [-0.25, -0.2) is 0 Å². The van der Waals surface area contributed by atoms with Crippen molar-refractivity contribution in [2.75, 3.05) is 42.9 Å². The second-order valence-electron chi connectivity index (χ2n) is 7.03. The van der Waals surface area contributed by atoms with Crippen LogP contribution in [-0.2, 0) is 20.0 Å². The summed E-state index contributed by atoms with van der Waals surface area (Å²) in [5.74, 6) is 1.39. The van der Waals surface area contributed by atoms with Gasteiger partial charge in [-0.15, -0.1) is 0 Å². The van der Waals surface area contributed by atoms with Gasteiger partial charge in [0.05, 0.1) is 0 Å². The first-order valence-electron chi connectivity index (χ1n) is 9.89. The van der Waals surface area contributed by atoms with E-state index in [2.05, 4.69) is 32.7 Å². The minimum atomic E-state index is -0.0667. The summed E-state index contributed by atoms with van der Waals surface area (Å²) >= 11 is 0. The summed E-state index contributed by atoms with van der Waals surface area (Å²) in [6.07, 6.45) is 0.865. The summed E-state index contributed by atoms with van der Waals surface area (Å²) in [4.78, 5) is 24.7. The zero-order valence-electron chi connectivity index (χ0n) is 16.5. The zero-order valence-corrected chi connectivity index (χ0v) is 16.5. The Morgan fingerprint density at radius 2 is 1.89 bits per heavy atom. The van der Waals surface area contributed by atoms with Gasteiger partial charge in [-0.05, 0) is 18.9 Å². The highest BCUT2D eigenvalue weighted by molar-refractivity contribution is 5.75. The molecule has 4 rings (SSSR count). The van der Waals surface area contributed by atoms with Crippen molar-refractivity contribution in [3.05, 3.63) is 46.2 Å². The Morgan fingerprint density at radius 1 is 1.14 bits per heavy atom. The minimum absolute atomic E-state index is 0.0667. The highest BCUT2D eigenvalue weighted by Gasteiger charge is 2.22. The van der Waals surface area contributed by atoms with Gasteiger partial charge in [0.2, 0.25) is 11.9 Å². The first kappa shape index (κ1) is 18.5. The molecule has 3 heterocycles. The highest BCUT2D eigenvalue weighted by Crippen LogP contribution is 2.20. The average molecular weight is 381 g/mol. The van der Waals surface area contributed by atoms with E-state index in [0.29, 0.717) is 30.2 Å². The Morgan fingerprint density at radius 3 is 2.61 bits per heavy atom. The number of fused-ring (bicyclic) bond motifs is 1. The average Bonchev–Trinajstić information content (AvgIpc) is 3.11. The van der Waals surface area contributed by atoms with Crippen LogP contribution in [0.15, 0.2) is 35.1 Å². The van der Waals surface area contributed by atoms with Crippen LogP contribution in [0.25, 0.3) is 11.2 Å². The molecule has 148 valence electrons. The number of hydrogen-bond donors (Lipinski definition) is 2. The number of benzene rings is 1. The van der Waals surface area contributed by atoms with Crippen molar-refractivity contribution in [1.82, 2.24) is 24.4 Å². The van der Waals surface area contributed by atoms with Crippen molar-refractivity contribution in [3.63, 3.8) is 0 Å². The van der Waals surface area contributed by atoms with Crippen LogP contribution in [-0.4, -0.2) is 51.8 Å². The first-order valence-corrected chi connectivity index (χ1v) is 9.89. The maximum absolute atomic E-state index is 13.0. The fourth-order valence-electron chi connectivity index (χ4n) is 3.68. The van der Waals surface area contributed by atoms with Crippen LogP contribution >= 0.6 is 0 Å². The van der Waals surface area contributed by atoms with Gasteiger partial charge in [-0.1, -0.05) is 30.3 Å². The number of aromatic nitrogens is 4. The summed E-state index contributed by atoms with van der Waals surface area (Å²) in [5.41, 5.74) is 2.27. The van der Waals surface area contributed by atoms with E-state index >= 15 is 0 Å². The quantitative estimate of drug-likeness (QED) is 0.668. The third kappa shape index (κ3) is 3.47. The number of nitrogens with one attached hydrogen (secondary N) is 2. The predicted molar refractivity (Wildman–Crippen MR) is 112 cm³/mol. The molecule has 0 radical (unpaired) electrons. The molecule has 8 nitrogen and oxygen atoms in total. The Balaban J connectivity index is 1.64. The van der Waals surface area contributed by atoms with Crippen LogP contribution in [0, 0.1) is 0 Å². The third-order valence-electron chi connectivity index (χ3n) is 5.22. The molecule has 0 unspecified atom stereocenters. The van der Waals surface area contributed by atoms with Crippen LogP contribution in [0.5, 0.6) is 0 Å². The summed E-state index contributed by atoms with van der Waals surface area (Å²) in [6.45, 7) is 7.04. The fraction of sp³-hybridized carbons (Fsp3) is 0.450. The van der Waals surface area contributed by atoms with Crippen molar-refractivity contribution in [1.29, 1.82) is 0 Å². The molecule has 28 heavy (non-hydrogen) atoms. The van der Waals surface area contributed by atoms with Gasteiger partial charge >= 0.3 is 0 Å². The molecule has 3 aromatic rings. The van der Waals surface area contributed by atoms with E-state index < -0.39 is 0 Å². The van der Waals surface area contributed by atoms with E-state index in [1.54, 1.807) is 11.6 Å². The molecule has 8 heteroatoms. The summed E-state index contributed by atoms with van der Waals surface area (Å²) in [7, 11) is 1.76. The van der Waals surface area contributed by atoms with E-state index in [1.165, 1.54) is 5.56 Å². The molecule has 0 amide bonds. The van der Waals surface area contributed by atoms with Gasteiger partial charge in [0.15, 0.2) is 11.2 Å². The van der Waals surface area contributed by atoms with Crippen LogP contribution in [0.3, 0.4) is 0 Å². The predicted octanol–water partition coefficient (Wildman–Crippen LogP) is 1.21. The molecule has 0 aliphatic carbocycles. The number of piperazine rings is 1. The topological polar surface area (TPSA) is 80.0 Å². The molecule has 2 N–H and O–H groups in total. The van der Waals surface area contributed by atoms with Crippen LogP contribution < -0.4 is 21.1 Å². The molecular formula is C20H27N7O. The maximum Gasteiger partial charge on any atom is 0.280 e. The number of hydrogen-bond acceptors (Lipinski definition) is 6. The number of anilines is 2. The summed E-state index contributed by atoms with van der Waals surface area (Å²) in [6, 6.07) is 10.3. The molecule has 0 spiro atoms. The molecule has 1 fully saturated rings. The van der Waals surface area contributed by atoms with E-state index in [-0.39, 0.29) is 5.56 Å². The normalized spacial score (nSPS) is 14.6. The SMILES string of the molecule is CCn1c(N2CCNCC2)nc2nc(NCCc3ccccc3)n(C)c(=O)c21. The second kappa shape index (κ2) is 8.02. The number of aryl methyl sites for hydroxylation is 1. The summed E-state index contributed by atoms with van der Waals surface area (Å²) < 4.78 is 3.58. The minimum Gasteiger partial charge on any atom is -0.355 e. The monoisotopic (exact) mass is 381 g/mol. The lowest BCUT2D eigenvalue weighted by Crippen LogP contribution is -2.44. The van der Waals surface area contributed by atoms with Gasteiger partial charge in [0, 0.05) is 46.3 Å². The van der Waals surface area contributed by atoms with Crippen LogP contribution in [0.4, 0.5) is 11.9 Å². The second-order valence-corrected chi connectivity index (χ2v) is 7.03. The van der Waals surface area contributed by atoms with Crippen molar-refractivity contribution in [3.8, 4) is 0 Å². The molecule has 1 aliphatic rings. The van der Waals surface area contributed by atoms with Gasteiger partial charge in [-0.3, -0.25) is 9.36 Å². The molecule has 0 atom stereocenters. The van der Waals surface area contributed by atoms with Crippen LogP contribution in [0.1, 0.15) is 12.5 Å². The van der Waals surface area contributed by atoms with E-state index in [4.69, 9.17) is 4.98 Å². The van der Waals surface area contributed by atoms with Gasteiger partial charge in [0.1, 0.15) is 0 Å². The smallest absolute Gasteiger partial charge is 0.280 e. The maximum atomic E-state index is 13.0. The van der Waals surface area contributed by atoms with E-state index in [1.807, 2.05) is 29.7 Å². The molecular weight excluding hydrogens is 354 g/mol. The Hall–Kier alpha value is -2.87. The van der Waals surface area contributed by atoms with Gasteiger partial charge < -0.3 is 20.1 Å². The molecule has 0 bridgehead atoms. The van der Waals surface area contributed by atoms with Crippen molar-refractivity contribution >= 4 is 23.1 Å². The van der Waals surface area contributed by atoms with Crippen molar-refractivity contribution < 1.29 is 0 Å². The highest BCUT2D eigenvalue weighted by atomic mass is 16.1. The Labute approximate surface area is 164 Å². The lowest BCUT2D eigenvalue weighted by molar-refractivity contribution is 0.569. The Kier molecular flexibility index (Phi) is 5.29. The number of imidazole rings is 1. The lowest BCUT2D eigenvalue weighted by Gasteiger charge is -2.28. The number of nitrogens with zero attached hydrogens (tertiary/aromatic N) is 5. The van der Waals surface area contributed by atoms with E-state index in [9.17, 15) is 4.79 Å². The van der Waals surface area contributed by atoms with Gasteiger partial charge in [0.25, 0.3) is 5.56 Å². The third-order valence-corrected chi connectivity index (χ3v) is 5.22. The number of rotatable bonds is 6. The van der Waals surface area contributed by atoms with Gasteiger partial charge in [-0.2, -0.15) is 9.97 Å². The lowest BCUT2D eigenvalue weighted by atomic mass is 10.1. The summed E-state index contributed by atoms with van der Waals surface area (Å²) in [5, 5.41) is 6.65. The Bertz CT molecular complexity index is 1000. The van der Waals surface area contributed by atoms with E-state index in [0.717, 1.165) is 38.5 Å². The van der Waals surface area contributed by atoms with Crippen molar-refractivity contribution in [2.24, 2.45) is 7.05 Å².